The SMILES string of the molecule is NC1CCCC(C(=O)Nc2ncccc2Cl)C1. The quantitative estimate of drug-likeness (QED) is 0.849. The lowest BCUT2D eigenvalue weighted by Gasteiger charge is -2.25. The summed E-state index contributed by atoms with van der Waals surface area (Å²) in [6, 6.07) is 3.57. The molecular formula is C12H16ClN3O. The van der Waals surface area contributed by atoms with Gasteiger partial charge in [0.05, 0.1) is 5.02 Å². The number of hydrogen-bond acceptors (Lipinski definition) is 3. The van der Waals surface area contributed by atoms with Crippen molar-refractivity contribution in [3.63, 3.8) is 0 Å². The van der Waals surface area contributed by atoms with E-state index in [0.29, 0.717) is 10.8 Å². The van der Waals surface area contributed by atoms with Gasteiger partial charge >= 0.3 is 0 Å². The minimum absolute atomic E-state index is 0.0168. The fraction of sp³-hybridized carbons (Fsp3) is 0.500. The number of halogens is 1. The zero-order valence-corrected chi connectivity index (χ0v) is 10.3. The van der Waals surface area contributed by atoms with Crippen LogP contribution in [0, 0.1) is 5.92 Å². The Morgan fingerprint density at radius 3 is 3.06 bits per heavy atom. The number of anilines is 1. The summed E-state index contributed by atoms with van der Waals surface area (Å²) < 4.78 is 0. The molecule has 0 aliphatic heterocycles. The standard InChI is InChI=1S/C12H16ClN3O/c13-10-5-2-6-15-11(10)16-12(17)8-3-1-4-9(14)7-8/h2,5-6,8-9H,1,3-4,7,14H2,(H,15,16,17). The Balaban J connectivity index is 1.99. The lowest BCUT2D eigenvalue weighted by Crippen LogP contribution is -2.34. The van der Waals surface area contributed by atoms with Crippen molar-refractivity contribution in [1.82, 2.24) is 4.98 Å². The van der Waals surface area contributed by atoms with Crippen molar-refractivity contribution >= 4 is 23.3 Å². The summed E-state index contributed by atoms with van der Waals surface area (Å²) in [5, 5.41) is 3.22. The first-order valence-corrected chi connectivity index (χ1v) is 6.21. The van der Waals surface area contributed by atoms with Gasteiger partial charge in [-0.05, 0) is 31.4 Å². The molecule has 3 N–H and O–H groups in total. The summed E-state index contributed by atoms with van der Waals surface area (Å²) in [5.41, 5.74) is 5.86. The normalized spacial score (nSPS) is 24.4. The summed E-state index contributed by atoms with van der Waals surface area (Å²) in [4.78, 5) is 16.0. The zero-order chi connectivity index (χ0) is 12.3. The van der Waals surface area contributed by atoms with E-state index in [1.54, 1.807) is 18.3 Å². The molecular weight excluding hydrogens is 238 g/mol. The minimum Gasteiger partial charge on any atom is -0.328 e. The van der Waals surface area contributed by atoms with E-state index in [0.717, 1.165) is 25.7 Å². The molecule has 1 aliphatic carbocycles. The predicted molar refractivity (Wildman–Crippen MR) is 67.8 cm³/mol. The van der Waals surface area contributed by atoms with Crippen LogP contribution in [-0.4, -0.2) is 16.9 Å². The van der Waals surface area contributed by atoms with Crippen LogP contribution in [0.4, 0.5) is 5.82 Å². The molecule has 17 heavy (non-hydrogen) atoms. The van der Waals surface area contributed by atoms with Crippen LogP contribution in [0.5, 0.6) is 0 Å². The maximum absolute atomic E-state index is 12.0. The van der Waals surface area contributed by atoms with Crippen molar-refractivity contribution in [2.75, 3.05) is 5.32 Å². The molecule has 0 spiro atoms. The molecule has 1 heterocycles. The van der Waals surface area contributed by atoms with Gasteiger partial charge in [0.15, 0.2) is 5.82 Å². The van der Waals surface area contributed by atoms with Crippen molar-refractivity contribution in [3.05, 3.63) is 23.4 Å². The Labute approximate surface area is 106 Å². The third-order valence-corrected chi connectivity index (χ3v) is 3.39. The predicted octanol–water partition coefficient (Wildman–Crippen LogP) is 2.19. The van der Waals surface area contributed by atoms with Crippen LogP contribution in [0.1, 0.15) is 25.7 Å². The maximum Gasteiger partial charge on any atom is 0.228 e. The highest BCUT2D eigenvalue weighted by atomic mass is 35.5. The Hall–Kier alpha value is -1.13. The van der Waals surface area contributed by atoms with Crippen LogP contribution < -0.4 is 11.1 Å². The number of pyridine rings is 1. The highest BCUT2D eigenvalue weighted by Gasteiger charge is 2.25. The molecule has 2 unspecified atom stereocenters. The van der Waals surface area contributed by atoms with E-state index in [1.165, 1.54) is 0 Å². The molecule has 0 radical (unpaired) electrons. The fourth-order valence-electron chi connectivity index (χ4n) is 2.16. The van der Waals surface area contributed by atoms with Crippen molar-refractivity contribution in [1.29, 1.82) is 0 Å². The van der Waals surface area contributed by atoms with Crippen LogP contribution in [0.15, 0.2) is 18.3 Å². The average Bonchev–Trinajstić information content (AvgIpc) is 2.32. The van der Waals surface area contributed by atoms with Gasteiger partial charge in [-0.25, -0.2) is 4.98 Å². The van der Waals surface area contributed by atoms with Crippen LogP contribution in [0.2, 0.25) is 5.02 Å². The van der Waals surface area contributed by atoms with E-state index in [2.05, 4.69) is 10.3 Å². The fourth-order valence-corrected chi connectivity index (χ4v) is 2.33. The molecule has 1 saturated carbocycles. The molecule has 5 heteroatoms. The number of nitrogens with two attached hydrogens (primary N) is 1. The van der Waals surface area contributed by atoms with Gasteiger partial charge in [0, 0.05) is 18.2 Å². The molecule has 1 amide bonds. The van der Waals surface area contributed by atoms with E-state index in [4.69, 9.17) is 17.3 Å². The summed E-state index contributed by atoms with van der Waals surface area (Å²) in [6.45, 7) is 0. The van der Waals surface area contributed by atoms with Gasteiger partial charge < -0.3 is 11.1 Å². The van der Waals surface area contributed by atoms with Crippen molar-refractivity contribution < 1.29 is 4.79 Å². The lowest BCUT2D eigenvalue weighted by atomic mass is 9.85. The second-order valence-corrected chi connectivity index (χ2v) is 4.85. The molecule has 0 bridgehead atoms. The first-order valence-electron chi connectivity index (χ1n) is 5.84. The van der Waals surface area contributed by atoms with Gasteiger partial charge in [-0.15, -0.1) is 0 Å². The van der Waals surface area contributed by atoms with Gasteiger partial charge in [-0.1, -0.05) is 18.0 Å². The van der Waals surface area contributed by atoms with Crippen LogP contribution in [0.3, 0.4) is 0 Å². The first kappa shape index (κ1) is 12.3. The number of nitrogens with zero attached hydrogens (tertiary/aromatic N) is 1. The number of carbonyl (C=O) groups is 1. The molecule has 4 nitrogen and oxygen atoms in total. The largest absolute Gasteiger partial charge is 0.328 e. The minimum atomic E-state index is -0.0271. The van der Waals surface area contributed by atoms with Crippen molar-refractivity contribution in [3.8, 4) is 0 Å². The number of carbonyl (C=O) groups excluding carboxylic acids is 1. The van der Waals surface area contributed by atoms with Crippen LogP contribution in [-0.2, 0) is 4.79 Å². The van der Waals surface area contributed by atoms with Crippen molar-refractivity contribution in [2.24, 2.45) is 11.7 Å². The van der Waals surface area contributed by atoms with Gasteiger partial charge in [0.2, 0.25) is 5.91 Å². The molecule has 0 saturated heterocycles. The van der Waals surface area contributed by atoms with Crippen LogP contribution >= 0.6 is 11.6 Å². The molecule has 92 valence electrons. The lowest BCUT2D eigenvalue weighted by molar-refractivity contribution is -0.120. The molecule has 1 aliphatic rings. The number of aromatic nitrogens is 1. The van der Waals surface area contributed by atoms with E-state index < -0.39 is 0 Å². The second kappa shape index (κ2) is 5.47. The van der Waals surface area contributed by atoms with E-state index in [1.807, 2.05) is 0 Å². The van der Waals surface area contributed by atoms with Gasteiger partial charge in [0.1, 0.15) is 0 Å². The van der Waals surface area contributed by atoms with Gasteiger partial charge in [0.25, 0.3) is 0 Å². The van der Waals surface area contributed by atoms with E-state index in [9.17, 15) is 4.79 Å². The Morgan fingerprint density at radius 2 is 2.35 bits per heavy atom. The highest BCUT2D eigenvalue weighted by Crippen LogP contribution is 2.25. The molecule has 1 fully saturated rings. The third kappa shape index (κ3) is 3.17. The summed E-state index contributed by atoms with van der Waals surface area (Å²) in [6.07, 6.45) is 5.26. The van der Waals surface area contributed by atoms with Crippen molar-refractivity contribution in [2.45, 2.75) is 31.7 Å². The van der Waals surface area contributed by atoms with E-state index >= 15 is 0 Å². The summed E-state index contributed by atoms with van der Waals surface area (Å²) >= 11 is 5.93. The molecule has 2 atom stereocenters. The smallest absolute Gasteiger partial charge is 0.228 e. The van der Waals surface area contributed by atoms with Crippen LogP contribution in [0.25, 0.3) is 0 Å². The topological polar surface area (TPSA) is 68.0 Å². The zero-order valence-electron chi connectivity index (χ0n) is 9.53. The second-order valence-electron chi connectivity index (χ2n) is 4.45. The number of amides is 1. The molecule has 1 aromatic rings. The summed E-state index contributed by atoms with van der Waals surface area (Å²) in [7, 11) is 0. The van der Waals surface area contributed by atoms with Gasteiger partial charge in [-0.2, -0.15) is 0 Å². The average molecular weight is 254 g/mol. The Bertz CT molecular complexity index is 410. The van der Waals surface area contributed by atoms with E-state index in [-0.39, 0.29) is 17.9 Å². The molecule has 0 aromatic carbocycles. The number of nitrogens with one attached hydrogen (secondary N) is 1. The number of rotatable bonds is 2. The highest BCUT2D eigenvalue weighted by molar-refractivity contribution is 6.33. The van der Waals surface area contributed by atoms with Gasteiger partial charge in [-0.3, -0.25) is 4.79 Å². The first-order chi connectivity index (χ1) is 8.16. The third-order valence-electron chi connectivity index (χ3n) is 3.09. The Kier molecular flexibility index (Phi) is 3.97. The maximum atomic E-state index is 12.0. The molecule has 1 aromatic heterocycles. The number of hydrogen-bond donors (Lipinski definition) is 2. The Morgan fingerprint density at radius 1 is 1.53 bits per heavy atom. The summed E-state index contributed by atoms with van der Waals surface area (Å²) in [5.74, 6) is 0.385. The monoisotopic (exact) mass is 253 g/mol. The molecule has 2 rings (SSSR count).